The normalized spacial score (nSPS) is 17.4. The summed E-state index contributed by atoms with van der Waals surface area (Å²) in [5.74, 6) is 1.29. The van der Waals surface area contributed by atoms with Gasteiger partial charge in [-0.3, -0.25) is 9.59 Å². The molecule has 0 aromatic heterocycles. The van der Waals surface area contributed by atoms with Gasteiger partial charge < -0.3 is 20.0 Å². The molecular weight excluding hydrogens is 541 g/mol. The summed E-state index contributed by atoms with van der Waals surface area (Å²) in [5, 5.41) is 3.30. The number of nitrogens with zero attached hydrogens (tertiary/aromatic N) is 4. The van der Waals surface area contributed by atoms with Crippen LogP contribution in [0.2, 0.25) is 0 Å². The monoisotopic (exact) mass is 575 g/mol. The minimum absolute atomic E-state index is 0. The van der Waals surface area contributed by atoms with Gasteiger partial charge in [-0.1, -0.05) is 48.5 Å². The first-order chi connectivity index (χ1) is 16.0. The average molecular weight is 575 g/mol. The lowest BCUT2D eigenvalue weighted by molar-refractivity contribution is -0.128. The summed E-state index contributed by atoms with van der Waals surface area (Å²) < 4.78 is 0. The molecule has 8 heteroatoms. The van der Waals surface area contributed by atoms with Crippen LogP contribution in [0.25, 0.3) is 0 Å². The van der Waals surface area contributed by atoms with Crippen LogP contribution in [0, 0.1) is 0 Å². The summed E-state index contributed by atoms with van der Waals surface area (Å²) in [4.78, 5) is 35.0. The van der Waals surface area contributed by atoms with E-state index >= 15 is 0 Å². The van der Waals surface area contributed by atoms with E-state index < -0.39 is 0 Å². The number of anilines is 1. The van der Waals surface area contributed by atoms with Crippen LogP contribution in [-0.2, 0) is 16.1 Å². The van der Waals surface area contributed by atoms with Crippen LogP contribution < -0.4 is 10.2 Å². The Morgan fingerprint density at radius 3 is 2.56 bits per heavy atom. The number of rotatable bonds is 7. The Morgan fingerprint density at radius 1 is 1.12 bits per heavy atom. The number of aliphatic imine (C=N–C) groups is 1. The molecule has 7 nitrogen and oxygen atoms in total. The summed E-state index contributed by atoms with van der Waals surface area (Å²) in [5.41, 5.74) is 3.51. The lowest BCUT2D eigenvalue weighted by Crippen LogP contribution is -2.45. The third-order valence-corrected chi connectivity index (χ3v) is 6.40. The molecule has 1 fully saturated rings. The van der Waals surface area contributed by atoms with Gasteiger partial charge in [-0.05, 0) is 30.0 Å². The zero-order valence-corrected chi connectivity index (χ0v) is 22.3. The highest BCUT2D eigenvalue weighted by molar-refractivity contribution is 14.0. The van der Waals surface area contributed by atoms with Crippen LogP contribution >= 0.6 is 24.0 Å². The van der Waals surface area contributed by atoms with Crippen molar-refractivity contribution in [3.05, 3.63) is 65.7 Å². The fraction of sp³-hybridized carbons (Fsp3) is 0.423. The number of likely N-dealkylation sites (tertiary alicyclic amines) is 1. The zero-order chi connectivity index (χ0) is 23.2. The average Bonchev–Trinajstić information content (AvgIpc) is 3.41. The van der Waals surface area contributed by atoms with Crippen LogP contribution in [0.15, 0.2) is 59.6 Å². The summed E-state index contributed by atoms with van der Waals surface area (Å²) >= 11 is 0. The molecule has 0 spiro atoms. The second-order valence-electron chi connectivity index (χ2n) is 8.91. The molecule has 1 N–H and O–H groups in total. The molecule has 34 heavy (non-hydrogen) atoms. The van der Waals surface area contributed by atoms with Crippen LogP contribution in [0.5, 0.6) is 0 Å². The van der Waals surface area contributed by atoms with Crippen LogP contribution in [0.1, 0.15) is 36.3 Å². The number of halogens is 1. The molecule has 2 aromatic rings. The molecule has 2 amide bonds. The molecule has 1 atom stereocenters. The lowest BCUT2D eigenvalue weighted by Gasteiger charge is -2.24. The summed E-state index contributed by atoms with van der Waals surface area (Å²) in [6, 6.07) is 18.5. The van der Waals surface area contributed by atoms with Crippen LogP contribution in [0.4, 0.5) is 5.69 Å². The Hall–Kier alpha value is -2.62. The molecule has 4 rings (SSSR count). The standard InChI is InChI=1S/C26H33N5O2.HI/c1-29(2)25(33)18-28-26(27-17-20-9-4-3-5-10-20)31-19-21(22-11-6-7-12-23(22)31)14-16-30-15-8-13-24(30)32;/h3-7,9-12,21H,8,13-19H2,1-2H3,(H,27,28);1H. The molecule has 182 valence electrons. The second-order valence-corrected chi connectivity index (χ2v) is 8.91. The largest absolute Gasteiger partial charge is 0.347 e. The summed E-state index contributed by atoms with van der Waals surface area (Å²) in [6.45, 7) is 3.15. The smallest absolute Gasteiger partial charge is 0.241 e. The van der Waals surface area contributed by atoms with Gasteiger partial charge in [-0.15, -0.1) is 24.0 Å². The number of hydrogen-bond donors (Lipinski definition) is 1. The van der Waals surface area contributed by atoms with Crippen molar-refractivity contribution in [1.29, 1.82) is 0 Å². The number of fused-ring (bicyclic) bond motifs is 1. The molecule has 1 saturated heterocycles. The van der Waals surface area contributed by atoms with Gasteiger partial charge >= 0.3 is 0 Å². The van der Waals surface area contributed by atoms with E-state index in [0.29, 0.717) is 24.8 Å². The fourth-order valence-corrected chi connectivity index (χ4v) is 4.49. The summed E-state index contributed by atoms with van der Waals surface area (Å²) in [7, 11) is 3.51. The Balaban J connectivity index is 0.00000324. The first-order valence-corrected chi connectivity index (χ1v) is 11.7. The van der Waals surface area contributed by atoms with Gasteiger partial charge in [0.2, 0.25) is 11.8 Å². The van der Waals surface area contributed by atoms with E-state index in [1.807, 2.05) is 29.2 Å². The molecule has 0 bridgehead atoms. The number of carbonyl (C=O) groups excluding carboxylic acids is 2. The molecule has 2 heterocycles. The minimum Gasteiger partial charge on any atom is -0.347 e. The highest BCUT2D eigenvalue weighted by Crippen LogP contribution is 2.38. The zero-order valence-electron chi connectivity index (χ0n) is 19.9. The third kappa shape index (κ3) is 6.28. The molecular formula is C26H34IN5O2. The Bertz CT molecular complexity index is 1010. The third-order valence-electron chi connectivity index (χ3n) is 6.40. The number of hydrogen-bond acceptors (Lipinski definition) is 3. The quantitative estimate of drug-likeness (QED) is 0.312. The molecule has 1 unspecified atom stereocenters. The first kappa shape index (κ1) is 26.0. The van der Waals surface area contributed by atoms with Crippen molar-refractivity contribution < 1.29 is 9.59 Å². The number of carbonyl (C=O) groups is 2. The Morgan fingerprint density at radius 2 is 1.85 bits per heavy atom. The van der Waals surface area contributed by atoms with Gasteiger partial charge in [-0.2, -0.15) is 0 Å². The van der Waals surface area contributed by atoms with E-state index in [-0.39, 0.29) is 42.3 Å². The van der Waals surface area contributed by atoms with Gasteiger partial charge in [0.1, 0.15) is 0 Å². The second kappa shape index (κ2) is 12.2. The number of benzene rings is 2. The molecule has 0 aliphatic carbocycles. The van der Waals surface area contributed by atoms with Crippen molar-refractivity contribution in [1.82, 2.24) is 15.1 Å². The molecule has 2 aliphatic heterocycles. The molecule has 2 aliphatic rings. The van der Waals surface area contributed by atoms with Crippen LogP contribution in [0.3, 0.4) is 0 Å². The van der Waals surface area contributed by atoms with Gasteiger partial charge in [-0.25, -0.2) is 4.99 Å². The van der Waals surface area contributed by atoms with E-state index in [1.54, 1.807) is 19.0 Å². The molecule has 0 saturated carbocycles. The predicted molar refractivity (Wildman–Crippen MR) is 147 cm³/mol. The predicted octanol–water partition coefficient (Wildman–Crippen LogP) is 3.45. The van der Waals surface area contributed by atoms with Crippen molar-refractivity contribution in [2.75, 3.05) is 45.2 Å². The maximum Gasteiger partial charge on any atom is 0.241 e. The Kier molecular flexibility index (Phi) is 9.32. The van der Waals surface area contributed by atoms with Crippen molar-refractivity contribution in [2.24, 2.45) is 4.99 Å². The molecule has 0 radical (unpaired) electrons. The van der Waals surface area contributed by atoms with Crippen LogP contribution in [-0.4, -0.2) is 67.8 Å². The van der Waals surface area contributed by atoms with Gasteiger partial charge in [0.25, 0.3) is 0 Å². The Labute approximate surface area is 219 Å². The fourth-order valence-electron chi connectivity index (χ4n) is 4.49. The van der Waals surface area contributed by atoms with Gasteiger partial charge in [0.15, 0.2) is 5.96 Å². The minimum atomic E-state index is -0.000936. The SMILES string of the molecule is CN(C)C(=O)CNC(=NCc1ccccc1)N1CC(CCN2CCCC2=O)c2ccccc21.I. The highest BCUT2D eigenvalue weighted by Gasteiger charge is 2.32. The maximum absolute atomic E-state index is 12.3. The van der Waals surface area contributed by atoms with E-state index in [9.17, 15) is 9.59 Å². The number of guanidine groups is 1. The van der Waals surface area contributed by atoms with Gasteiger partial charge in [0.05, 0.1) is 13.1 Å². The van der Waals surface area contributed by atoms with Crippen molar-refractivity contribution in [3.8, 4) is 0 Å². The van der Waals surface area contributed by atoms with E-state index in [4.69, 9.17) is 4.99 Å². The highest BCUT2D eigenvalue weighted by atomic mass is 127. The number of nitrogens with one attached hydrogen (secondary N) is 1. The van der Waals surface area contributed by atoms with Crippen molar-refractivity contribution in [2.45, 2.75) is 31.7 Å². The molecule has 2 aromatic carbocycles. The van der Waals surface area contributed by atoms with Crippen molar-refractivity contribution >= 4 is 47.4 Å². The topological polar surface area (TPSA) is 68.2 Å². The van der Waals surface area contributed by atoms with Crippen molar-refractivity contribution in [3.63, 3.8) is 0 Å². The first-order valence-electron chi connectivity index (χ1n) is 11.7. The number of amides is 2. The number of likely N-dealkylation sites (N-methyl/N-ethyl adjacent to an activating group) is 1. The van der Waals surface area contributed by atoms with E-state index in [2.05, 4.69) is 40.5 Å². The maximum atomic E-state index is 12.3. The lowest BCUT2D eigenvalue weighted by atomic mass is 9.98. The summed E-state index contributed by atoms with van der Waals surface area (Å²) in [6.07, 6.45) is 2.56. The van der Waals surface area contributed by atoms with Gasteiger partial charge in [0, 0.05) is 51.8 Å². The number of para-hydroxylation sites is 1. The van der Waals surface area contributed by atoms with E-state index in [0.717, 1.165) is 43.7 Å². The van der Waals surface area contributed by atoms with E-state index in [1.165, 1.54) is 5.56 Å².